The fraction of sp³-hybridized carbons (Fsp3) is 0.200. The largest absolute Gasteiger partial charge is 0.280 e. The average molecular weight is 275 g/mol. The molecule has 19 heavy (non-hydrogen) atoms. The minimum atomic E-state index is -3.52. The van der Waals surface area contributed by atoms with E-state index in [4.69, 9.17) is 0 Å². The van der Waals surface area contributed by atoms with Crippen LogP contribution in [0, 0.1) is 20.8 Å². The molecule has 0 aliphatic rings. The standard InChI is InChI=1S/C15H17NO2S/c1-11-4-7-14(8-5-11)16-19(17,18)15-9-6-12(2)10-13(15)3/h4-10,16H,1-3H3. The van der Waals surface area contributed by atoms with E-state index < -0.39 is 10.0 Å². The van der Waals surface area contributed by atoms with Crippen LogP contribution in [0.5, 0.6) is 0 Å². The number of benzene rings is 2. The Balaban J connectivity index is 2.35. The van der Waals surface area contributed by atoms with Gasteiger partial charge in [-0.3, -0.25) is 4.72 Å². The number of anilines is 1. The minimum Gasteiger partial charge on any atom is -0.280 e. The molecule has 0 saturated carbocycles. The number of nitrogens with one attached hydrogen (secondary N) is 1. The zero-order valence-corrected chi connectivity index (χ0v) is 12.1. The van der Waals surface area contributed by atoms with Crippen molar-refractivity contribution in [3.8, 4) is 0 Å². The molecule has 0 saturated heterocycles. The van der Waals surface area contributed by atoms with Gasteiger partial charge >= 0.3 is 0 Å². The van der Waals surface area contributed by atoms with E-state index in [1.165, 1.54) is 0 Å². The van der Waals surface area contributed by atoms with Crippen molar-refractivity contribution in [2.75, 3.05) is 4.72 Å². The predicted octanol–water partition coefficient (Wildman–Crippen LogP) is 3.41. The van der Waals surface area contributed by atoms with Crippen LogP contribution in [-0.4, -0.2) is 8.42 Å². The molecule has 0 aliphatic heterocycles. The summed E-state index contributed by atoms with van der Waals surface area (Å²) in [7, 11) is -3.52. The molecule has 0 fully saturated rings. The number of hydrogen-bond acceptors (Lipinski definition) is 2. The highest BCUT2D eigenvalue weighted by Gasteiger charge is 2.16. The minimum absolute atomic E-state index is 0.318. The van der Waals surface area contributed by atoms with E-state index in [0.717, 1.165) is 16.7 Å². The van der Waals surface area contributed by atoms with Crippen molar-refractivity contribution in [1.29, 1.82) is 0 Å². The summed E-state index contributed by atoms with van der Waals surface area (Å²) in [6.45, 7) is 5.70. The van der Waals surface area contributed by atoms with Gasteiger partial charge in [0.2, 0.25) is 0 Å². The van der Waals surface area contributed by atoms with E-state index in [2.05, 4.69) is 4.72 Å². The van der Waals surface area contributed by atoms with Crippen molar-refractivity contribution in [3.05, 3.63) is 59.2 Å². The summed E-state index contributed by atoms with van der Waals surface area (Å²) in [5, 5.41) is 0. The van der Waals surface area contributed by atoms with Crippen LogP contribution in [0.4, 0.5) is 5.69 Å². The second-order valence-electron chi connectivity index (χ2n) is 4.74. The molecule has 1 N–H and O–H groups in total. The molecule has 0 spiro atoms. The molecule has 2 rings (SSSR count). The predicted molar refractivity (Wildman–Crippen MR) is 77.9 cm³/mol. The second kappa shape index (κ2) is 5.05. The average Bonchev–Trinajstić information content (AvgIpc) is 2.31. The molecule has 0 radical (unpaired) electrons. The Hall–Kier alpha value is -1.81. The number of hydrogen-bond donors (Lipinski definition) is 1. The number of sulfonamides is 1. The van der Waals surface area contributed by atoms with Crippen LogP contribution in [0.3, 0.4) is 0 Å². The van der Waals surface area contributed by atoms with Crippen LogP contribution >= 0.6 is 0 Å². The summed E-state index contributed by atoms with van der Waals surface area (Å²) in [6.07, 6.45) is 0. The van der Waals surface area contributed by atoms with Gasteiger partial charge in [-0.05, 0) is 44.5 Å². The summed E-state index contributed by atoms with van der Waals surface area (Å²) in [4.78, 5) is 0.318. The fourth-order valence-electron chi connectivity index (χ4n) is 1.93. The fourth-order valence-corrected chi connectivity index (χ4v) is 3.22. The molecule has 3 nitrogen and oxygen atoms in total. The quantitative estimate of drug-likeness (QED) is 0.933. The van der Waals surface area contributed by atoms with Crippen LogP contribution in [0.25, 0.3) is 0 Å². The summed E-state index contributed by atoms with van der Waals surface area (Å²) in [5.41, 5.74) is 3.46. The van der Waals surface area contributed by atoms with E-state index in [9.17, 15) is 8.42 Å². The van der Waals surface area contributed by atoms with Crippen LogP contribution in [-0.2, 0) is 10.0 Å². The van der Waals surface area contributed by atoms with Crippen molar-refractivity contribution in [1.82, 2.24) is 0 Å². The van der Waals surface area contributed by atoms with Gasteiger partial charge in [0.1, 0.15) is 0 Å². The maximum absolute atomic E-state index is 12.3. The molecular weight excluding hydrogens is 258 g/mol. The summed E-state index contributed by atoms with van der Waals surface area (Å²) in [6, 6.07) is 12.6. The summed E-state index contributed by atoms with van der Waals surface area (Å²) >= 11 is 0. The lowest BCUT2D eigenvalue weighted by atomic mass is 10.2. The molecule has 0 heterocycles. The van der Waals surface area contributed by atoms with Crippen molar-refractivity contribution in [3.63, 3.8) is 0 Å². The first-order chi connectivity index (χ1) is 8.88. The normalized spacial score (nSPS) is 11.3. The van der Waals surface area contributed by atoms with Crippen molar-refractivity contribution >= 4 is 15.7 Å². The van der Waals surface area contributed by atoms with Gasteiger partial charge < -0.3 is 0 Å². The lowest BCUT2D eigenvalue weighted by Crippen LogP contribution is -2.14. The van der Waals surface area contributed by atoms with E-state index in [1.807, 2.05) is 32.0 Å². The Labute approximate surface area is 114 Å². The van der Waals surface area contributed by atoms with Gasteiger partial charge in [-0.1, -0.05) is 35.4 Å². The van der Waals surface area contributed by atoms with E-state index in [-0.39, 0.29) is 0 Å². The monoisotopic (exact) mass is 275 g/mol. The van der Waals surface area contributed by atoms with Crippen LogP contribution in [0.15, 0.2) is 47.4 Å². The molecule has 0 amide bonds. The molecule has 100 valence electrons. The molecule has 0 aromatic heterocycles. The Kier molecular flexibility index (Phi) is 3.62. The van der Waals surface area contributed by atoms with Crippen LogP contribution in [0.1, 0.15) is 16.7 Å². The Morgan fingerprint density at radius 1 is 0.842 bits per heavy atom. The van der Waals surface area contributed by atoms with Crippen molar-refractivity contribution in [2.24, 2.45) is 0 Å². The maximum atomic E-state index is 12.3. The molecule has 4 heteroatoms. The third-order valence-electron chi connectivity index (χ3n) is 2.92. The zero-order valence-electron chi connectivity index (χ0n) is 11.3. The Morgan fingerprint density at radius 2 is 1.42 bits per heavy atom. The maximum Gasteiger partial charge on any atom is 0.262 e. The van der Waals surface area contributed by atoms with Crippen LogP contribution < -0.4 is 4.72 Å². The van der Waals surface area contributed by atoms with Gasteiger partial charge in [0, 0.05) is 5.69 Å². The van der Waals surface area contributed by atoms with Crippen LogP contribution in [0.2, 0.25) is 0 Å². The smallest absolute Gasteiger partial charge is 0.262 e. The zero-order chi connectivity index (χ0) is 14.0. The Morgan fingerprint density at radius 3 is 2.00 bits per heavy atom. The van der Waals surface area contributed by atoms with Gasteiger partial charge in [0.05, 0.1) is 4.90 Å². The van der Waals surface area contributed by atoms with E-state index in [1.54, 1.807) is 31.2 Å². The molecule has 2 aromatic rings. The molecule has 0 bridgehead atoms. The molecule has 0 unspecified atom stereocenters. The third-order valence-corrected chi connectivity index (χ3v) is 4.47. The van der Waals surface area contributed by atoms with Gasteiger partial charge in [0.25, 0.3) is 10.0 Å². The SMILES string of the molecule is Cc1ccc(NS(=O)(=O)c2ccc(C)cc2C)cc1. The first-order valence-corrected chi connectivity index (χ1v) is 7.53. The molecule has 0 atom stereocenters. The summed E-state index contributed by atoms with van der Waals surface area (Å²) in [5.74, 6) is 0. The van der Waals surface area contributed by atoms with Gasteiger partial charge in [-0.2, -0.15) is 0 Å². The second-order valence-corrected chi connectivity index (χ2v) is 6.39. The topological polar surface area (TPSA) is 46.2 Å². The molecule has 0 aliphatic carbocycles. The number of aryl methyl sites for hydroxylation is 3. The van der Waals surface area contributed by atoms with Gasteiger partial charge in [-0.15, -0.1) is 0 Å². The van der Waals surface area contributed by atoms with E-state index >= 15 is 0 Å². The van der Waals surface area contributed by atoms with Crippen molar-refractivity contribution in [2.45, 2.75) is 25.7 Å². The molecular formula is C15H17NO2S. The first-order valence-electron chi connectivity index (χ1n) is 6.05. The van der Waals surface area contributed by atoms with Crippen molar-refractivity contribution < 1.29 is 8.42 Å². The lowest BCUT2D eigenvalue weighted by molar-refractivity contribution is 0.600. The third kappa shape index (κ3) is 3.15. The lowest BCUT2D eigenvalue weighted by Gasteiger charge is -2.11. The first kappa shape index (κ1) is 13.6. The highest BCUT2D eigenvalue weighted by Crippen LogP contribution is 2.20. The van der Waals surface area contributed by atoms with Gasteiger partial charge in [0.15, 0.2) is 0 Å². The highest BCUT2D eigenvalue weighted by atomic mass is 32.2. The molecule has 2 aromatic carbocycles. The number of rotatable bonds is 3. The van der Waals surface area contributed by atoms with E-state index in [0.29, 0.717) is 10.6 Å². The van der Waals surface area contributed by atoms with Gasteiger partial charge in [-0.25, -0.2) is 8.42 Å². The Bertz CT molecular complexity index is 689. The summed E-state index contributed by atoms with van der Waals surface area (Å²) < 4.78 is 27.2. The highest BCUT2D eigenvalue weighted by molar-refractivity contribution is 7.92.